The van der Waals surface area contributed by atoms with Crippen molar-refractivity contribution in [3.05, 3.63) is 6.61 Å². The van der Waals surface area contributed by atoms with Crippen molar-refractivity contribution < 1.29 is 4.74 Å². The molecule has 1 heteroatoms. The van der Waals surface area contributed by atoms with Gasteiger partial charge in [-0.2, -0.15) is 0 Å². The molecule has 0 spiro atoms. The van der Waals surface area contributed by atoms with Gasteiger partial charge in [-0.1, -0.05) is 85.0 Å². The van der Waals surface area contributed by atoms with Crippen molar-refractivity contribution in [3.63, 3.8) is 0 Å². The molecule has 0 aliphatic heterocycles. The summed E-state index contributed by atoms with van der Waals surface area (Å²) < 4.78 is 5.36. The molecular weight excluding hydrogens is 232 g/mol. The molecule has 0 aliphatic carbocycles. The van der Waals surface area contributed by atoms with Crippen molar-refractivity contribution in [2.24, 2.45) is 5.92 Å². The second-order valence-electron chi connectivity index (χ2n) is 6.16. The molecule has 0 bridgehead atoms. The number of rotatable bonds is 15. The van der Waals surface area contributed by atoms with Crippen molar-refractivity contribution in [1.29, 1.82) is 0 Å². The predicted octanol–water partition coefficient (Wildman–Crippen LogP) is 6.52. The van der Waals surface area contributed by atoms with E-state index in [1.165, 1.54) is 70.6 Å². The summed E-state index contributed by atoms with van der Waals surface area (Å²) in [5.41, 5.74) is 0. The van der Waals surface area contributed by atoms with Crippen molar-refractivity contribution in [1.82, 2.24) is 0 Å². The van der Waals surface area contributed by atoms with Crippen LogP contribution < -0.4 is 0 Å². The summed E-state index contributed by atoms with van der Waals surface area (Å²) in [5, 5.41) is 0. The van der Waals surface area contributed by atoms with Crippen LogP contribution in [0, 0.1) is 12.5 Å². The molecule has 1 nitrogen and oxygen atoms in total. The van der Waals surface area contributed by atoms with Gasteiger partial charge in [0.15, 0.2) is 0 Å². The fraction of sp³-hybridized carbons (Fsp3) is 0.944. The minimum absolute atomic E-state index is 0.888. The molecule has 0 aromatic heterocycles. The molecule has 19 heavy (non-hydrogen) atoms. The molecule has 0 amide bonds. The van der Waals surface area contributed by atoms with Gasteiger partial charge in [-0.05, 0) is 18.8 Å². The van der Waals surface area contributed by atoms with Crippen LogP contribution in [0.25, 0.3) is 0 Å². The Morgan fingerprint density at radius 1 is 0.737 bits per heavy atom. The van der Waals surface area contributed by atoms with E-state index in [0.29, 0.717) is 0 Å². The minimum atomic E-state index is 0.888. The molecule has 0 saturated heterocycles. The fourth-order valence-electron chi connectivity index (χ4n) is 2.35. The van der Waals surface area contributed by atoms with Gasteiger partial charge < -0.3 is 4.74 Å². The summed E-state index contributed by atoms with van der Waals surface area (Å²) in [6, 6.07) is 0. The van der Waals surface area contributed by atoms with E-state index in [1.807, 2.05) is 6.61 Å². The molecule has 0 aromatic rings. The molecule has 0 aromatic carbocycles. The lowest BCUT2D eigenvalue weighted by Gasteiger charge is -2.05. The molecule has 0 saturated carbocycles. The lowest BCUT2D eigenvalue weighted by atomic mass is 10.0. The summed E-state index contributed by atoms with van der Waals surface area (Å²) in [4.78, 5) is 0. The predicted molar refractivity (Wildman–Crippen MR) is 86.2 cm³/mol. The third-order valence-electron chi connectivity index (χ3n) is 3.58. The van der Waals surface area contributed by atoms with Crippen molar-refractivity contribution in [2.75, 3.05) is 6.61 Å². The summed E-state index contributed by atoms with van der Waals surface area (Å²) >= 11 is 0. The maximum Gasteiger partial charge on any atom is 0.0833 e. The number of hydrogen-bond acceptors (Lipinski definition) is 1. The van der Waals surface area contributed by atoms with E-state index in [2.05, 4.69) is 20.8 Å². The number of ether oxygens (including phenoxy) is 1. The van der Waals surface area contributed by atoms with E-state index >= 15 is 0 Å². The highest BCUT2D eigenvalue weighted by atomic mass is 16.5. The highest BCUT2D eigenvalue weighted by Gasteiger charge is 1.95. The zero-order valence-electron chi connectivity index (χ0n) is 13.8. The fourth-order valence-corrected chi connectivity index (χ4v) is 2.35. The summed E-state index contributed by atoms with van der Waals surface area (Å²) in [7, 11) is 0. The Hall–Kier alpha value is -0.0400. The maximum absolute atomic E-state index is 5.36. The standard InChI is InChI=1S/C18H37O/c1-4-16-19-17-14-12-10-8-6-5-7-9-11-13-15-18(2)3/h16,18H,4-15,17H2,1-3H3. The highest BCUT2D eigenvalue weighted by Crippen LogP contribution is 2.13. The molecule has 0 rings (SSSR count). The van der Waals surface area contributed by atoms with E-state index in [9.17, 15) is 0 Å². The second-order valence-corrected chi connectivity index (χ2v) is 6.16. The highest BCUT2D eigenvalue weighted by molar-refractivity contribution is 4.50. The Morgan fingerprint density at radius 3 is 1.68 bits per heavy atom. The Labute approximate surface area is 122 Å². The van der Waals surface area contributed by atoms with Crippen LogP contribution in [0.2, 0.25) is 0 Å². The molecule has 0 heterocycles. The van der Waals surface area contributed by atoms with E-state index in [1.54, 1.807) is 0 Å². The van der Waals surface area contributed by atoms with Crippen molar-refractivity contribution in [3.8, 4) is 0 Å². The first-order chi connectivity index (χ1) is 9.27. The molecule has 0 atom stereocenters. The lowest BCUT2D eigenvalue weighted by Crippen LogP contribution is -1.91. The molecule has 0 fully saturated rings. The second kappa shape index (κ2) is 16.0. The Bertz CT molecular complexity index is 154. The van der Waals surface area contributed by atoms with Gasteiger partial charge in [0.05, 0.1) is 6.61 Å². The van der Waals surface area contributed by atoms with Gasteiger partial charge in [0.2, 0.25) is 0 Å². The van der Waals surface area contributed by atoms with Crippen molar-refractivity contribution >= 4 is 0 Å². The quantitative estimate of drug-likeness (QED) is 0.307. The van der Waals surface area contributed by atoms with E-state index in [-0.39, 0.29) is 0 Å². The molecule has 0 unspecified atom stereocenters. The molecule has 0 aliphatic rings. The Kier molecular flexibility index (Phi) is 16.0. The zero-order valence-corrected chi connectivity index (χ0v) is 13.8. The average Bonchev–Trinajstić information content (AvgIpc) is 2.39. The third-order valence-corrected chi connectivity index (χ3v) is 3.58. The summed E-state index contributed by atoms with van der Waals surface area (Å²) in [5.74, 6) is 0.888. The van der Waals surface area contributed by atoms with Gasteiger partial charge in [-0.15, -0.1) is 0 Å². The van der Waals surface area contributed by atoms with Crippen LogP contribution in [-0.4, -0.2) is 6.61 Å². The minimum Gasteiger partial charge on any atom is -0.376 e. The largest absolute Gasteiger partial charge is 0.376 e. The maximum atomic E-state index is 5.36. The summed E-state index contributed by atoms with van der Waals surface area (Å²) in [6.07, 6.45) is 16.5. The SMILES string of the molecule is CC[CH]OCCCCCCCCCCCCC(C)C. The molecular formula is C18H37O. The van der Waals surface area contributed by atoms with Crippen LogP contribution in [0.3, 0.4) is 0 Å². The topological polar surface area (TPSA) is 9.23 Å². The summed E-state index contributed by atoms with van der Waals surface area (Å²) in [6.45, 7) is 9.60. The van der Waals surface area contributed by atoms with Gasteiger partial charge >= 0.3 is 0 Å². The van der Waals surface area contributed by atoms with Gasteiger partial charge in [0, 0.05) is 6.61 Å². The molecule has 1 radical (unpaired) electrons. The third kappa shape index (κ3) is 18.0. The normalized spacial score (nSPS) is 11.4. The van der Waals surface area contributed by atoms with Gasteiger partial charge in [0.1, 0.15) is 0 Å². The smallest absolute Gasteiger partial charge is 0.0833 e. The van der Waals surface area contributed by atoms with E-state index < -0.39 is 0 Å². The number of hydrogen-bond donors (Lipinski definition) is 0. The van der Waals surface area contributed by atoms with Crippen LogP contribution in [-0.2, 0) is 4.74 Å². The zero-order chi connectivity index (χ0) is 14.2. The number of unbranched alkanes of at least 4 members (excludes halogenated alkanes) is 9. The van der Waals surface area contributed by atoms with Crippen LogP contribution in [0.5, 0.6) is 0 Å². The van der Waals surface area contributed by atoms with Crippen molar-refractivity contribution in [2.45, 2.75) is 97.8 Å². The van der Waals surface area contributed by atoms with E-state index in [4.69, 9.17) is 4.74 Å². The van der Waals surface area contributed by atoms with Crippen LogP contribution >= 0.6 is 0 Å². The first-order valence-corrected chi connectivity index (χ1v) is 8.70. The van der Waals surface area contributed by atoms with Gasteiger partial charge in [-0.25, -0.2) is 0 Å². The molecule has 115 valence electrons. The van der Waals surface area contributed by atoms with Crippen LogP contribution in [0.1, 0.15) is 97.8 Å². The lowest BCUT2D eigenvalue weighted by molar-refractivity contribution is 0.188. The van der Waals surface area contributed by atoms with E-state index in [0.717, 1.165) is 18.9 Å². The Morgan fingerprint density at radius 2 is 1.21 bits per heavy atom. The molecule has 0 N–H and O–H groups in total. The van der Waals surface area contributed by atoms with Crippen LogP contribution in [0.4, 0.5) is 0 Å². The van der Waals surface area contributed by atoms with Gasteiger partial charge in [-0.3, -0.25) is 0 Å². The monoisotopic (exact) mass is 269 g/mol. The first-order valence-electron chi connectivity index (χ1n) is 8.70. The van der Waals surface area contributed by atoms with Crippen LogP contribution in [0.15, 0.2) is 0 Å². The average molecular weight is 269 g/mol. The van der Waals surface area contributed by atoms with Gasteiger partial charge in [0.25, 0.3) is 0 Å². The Balaban J connectivity index is 2.91. The first kappa shape index (κ1) is 19.0.